The lowest BCUT2D eigenvalue weighted by Gasteiger charge is -2.15. The van der Waals surface area contributed by atoms with Crippen molar-refractivity contribution in [3.63, 3.8) is 0 Å². The van der Waals surface area contributed by atoms with Gasteiger partial charge >= 0.3 is 0 Å². The summed E-state index contributed by atoms with van der Waals surface area (Å²) in [6.45, 7) is 6.75. The van der Waals surface area contributed by atoms with E-state index in [1.165, 1.54) is 17.4 Å². The third-order valence-corrected chi connectivity index (χ3v) is 6.06. The Hall–Kier alpha value is -3.19. The molecule has 6 nitrogen and oxygen atoms in total. The summed E-state index contributed by atoms with van der Waals surface area (Å²) in [5, 5.41) is 0.596. The second-order valence-corrected chi connectivity index (χ2v) is 8.78. The lowest BCUT2D eigenvalue weighted by molar-refractivity contribution is 0.313. The molecule has 7 heteroatoms. The predicted molar refractivity (Wildman–Crippen MR) is 125 cm³/mol. The van der Waals surface area contributed by atoms with Gasteiger partial charge in [-0.2, -0.15) is 0 Å². The van der Waals surface area contributed by atoms with E-state index >= 15 is 0 Å². The molecule has 31 heavy (non-hydrogen) atoms. The van der Waals surface area contributed by atoms with Crippen LogP contribution in [0.15, 0.2) is 58.3 Å². The second-order valence-electron chi connectivity index (χ2n) is 7.75. The van der Waals surface area contributed by atoms with Crippen LogP contribution in [0.5, 0.6) is 5.75 Å². The highest BCUT2D eigenvalue weighted by atomic mass is 32.1. The maximum absolute atomic E-state index is 13.4. The summed E-state index contributed by atoms with van der Waals surface area (Å²) in [5.41, 5.74) is 1.41. The second kappa shape index (κ2) is 8.89. The van der Waals surface area contributed by atoms with Crippen LogP contribution >= 0.6 is 11.3 Å². The van der Waals surface area contributed by atoms with Crippen molar-refractivity contribution in [3.05, 3.63) is 80.8 Å². The Morgan fingerprint density at radius 2 is 1.94 bits per heavy atom. The van der Waals surface area contributed by atoms with Crippen molar-refractivity contribution >= 4 is 21.6 Å². The van der Waals surface area contributed by atoms with E-state index in [4.69, 9.17) is 9.72 Å². The molecule has 0 unspecified atom stereocenters. The van der Waals surface area contributed by atoms with Crippen molar-refractivity contribution in [1.29, 1.82) is 0 Å². The van der Waals surface area contributed by atoms with Crippen molar-refractivity contribution in [2.24, 2.45) is 0 Å². The Labute approximate surface area is 184 Å². The SMILES string of the molecule is CCCOc1c[nH]c(Cn2c(C(C)C)nc3sc(-c4ccccc4)cc3c2=O)cc1=O. The number of thiophene rings is 1. The van der Waals surface area contributed by atoms with Crippen LogP contribution in [0.1, 0.15) is 44.6 Å². The molecule has 4 rings (SSSR count). The van der Waals surface area contributed by atoms with Gasteiger partial charge in [0.1, 0.15) is 10.7 Å². The number of fused-ring (bicyclic) bond motifs is 1. The van der Waals surface area contributed by atoms with Crippen molar-refractivity contribution in [3.8, 4) is 16.2 Å². The first-order valence-electron chi connectivity index (χ1n) is 10.4. The van der Waals surface area contributed by atoms with E-state index in [1.807, 2.05) is 57.2 Å². The lowest BCUT2D eigenvalue weighted by atomic mass is 10.1. The van der Waals surface area contributed by atoms with Crippen LogP contribution in [-0.2, 0) is 6.54 Å². The number of hydrogen-bond donors (Lipinski definition) is 1. The number of nitrogens with one attached hydrogen (secondary N) is 1. The monoisotopic (exact) mass is 435 g/mol. The third kappa shape index (κ3) is 4.32. The Morgan fingerprint density at radius 3 is 2.61 bits per heavy atom. The zero-order valence-corrected chi connectivity index (χ0v) is 18.7. The highest BCUT2D eigenvalue weighted by Crippen LogP contribution is 2.31. The molecule has 160 valence electrons. The average molecular weight is 436 g/mol. The van der Waals surface area contributed by atoms with Gasteiger partial charge < -0.3 is 9.72 Å². The summed E-state index contributed by atoms with van der Waals surface area (Å²) >= 11 is 1.52. The topological polar surface area (TPSA) is 77.0 Å². The first kappa shape index (κ1) is 21.1. The van der Waals surface area contributed by atoms with Crippen LogP contribution in [0.4, 0.5) is 0 Å². The molecule has 4 aromatic rings. The van der Waals surface area contributed by atoms with Gasteiger partial charge in [-0.3, -0.25) is 14.2 Å². The van der Waals surface area contributed by atoms with Crippen LogP contribution in [0.3, 0.4) is 0 Å². The highest BCUT2D eigenvalue weighted by molar-refractivity contribution is 7.21. The zero-order valence-electron chi connectivity index (χ0n) is 17.8. The van der Waals surface area contributed by atoms with Gasteiger partial charge in [0.05, 0.1) is 18.5 Å². The molecule has 0 bridgehead atoms. The molecule has 0 saturated carbocycles. The van der Waals surface area contributed by atoms with Crippen LogP contribution in [-0.4, -0.2) is 21.1 Å². The Balaban J connectivity index is 1.77. The summed E-state index contributed by atoms with van der Waals surface area (Å²) in [4.78, 5) is 35.4. The molecule has 0 radical (unpaired) electrons. The van der Waals surface area contributed by atoms with Gasteiger partial charge in [-0.05, 0) is 18.1 Å². The number of ether oxygens (including phenoxy) is 1. The molecule has 0 aliphatic rings. The van der Waals surface area contributed by atoms with Gasteiger partial charge in [0.15, 0.2) is 5.75 Å². The standard InChI is InChI=1S/C24H25N3O3S/c1-4-10-30-20-13-25-17(11-19(20)28)14-27-22(15(2)3)26-23-18(24(27)29)12-21(31-23)16-8-6-5-7-9-16/h5-9,11-13,15H,4,10,14H2,1-3H3,(H,25,28). The maximum atomic E-state index is 13.4. The molecular weight excluding hydrogens is 410 g/mol. The number of benzene rings is 1. The fourth-order valence-electron chi connectivity index (χ4n) is 3.46. The molecule has 1 N–H and O–H groups in total. The van der Waals surface area contributed by atoms with Gasteiger partial charge in [-0.25, -0.2) is 4.98 Å². The fraction of sp³-hybridized carbons (Fsp3) is 0.292. The lowest BCUT2D eigenvalue weighted by Crippen LogP contribution is -2.27. The van der Waals surface area contributed by atoms with Crippen molar-refractivity contribution in [2.45, 2.75) is 39.7 Å². The van der Waals surface area contributed by atoms with E-state index in [-0.39, 0.29) is 23.5 Å². The Kier molecular flexibility index (Phi) is 6.04. The molecule has 0 spiro atoms. The van der Waals surface area contributed by atoms with Gasteiger partial charge in [-0.15, -0.1) is 11.3 Å². The van der Waals surface area contributed by atoms with Crippen molar-refractivity contribution in [2.75, 3.05) is 6.61 Å². The molecular formula is C24H25N3O3S. The summed E-state index contributed by atoms with van der Waals surface area (Å²) in [6, 6.07) is 13.4. The van der Waals surface area contributed by atoms with Crippen LogP contribution < -0.4 is 15.7 Å². The van der Waals surface area contributed by atoms with Crippen LogP contribution in [0, 0.1) is 0 Å². The number of pyridine rings is 1. The summed E-state index contributed by atoms with van der Waals surface area (Å²) < 4.78 is 7.12. The van der Waals surface area contributed by atoms with E-state index in [2.05, 4.69) is 4.98 Å². The first-order chi connectivity index (χ1) is 15.0. The molecule has 3 aromatic heterocycles. The summed E-state index contributed by atoms with van der Waals surface area (Å²) in [6.07, 6.45) is 2.39. The number of hydrogen-bond acceptors (Lipinski definition) is 5. The summed E-state index contributed by atoms with van der Waals surface area (Å²) in [7, 11) is 0. The Bertz CT molecular complexity index is 1320. The third-order valence-electron chi connectivity index (χ3n) is 4.98. The molecule has 3 heterocycles. The first-order valence-corrected chi connectivity index (χ1v) is 11.2. The molecule has 0 aliphatic carbocycles. The molecule has 0 amide bonds. The normalized spacial score (nSPS) is 11.4. The number of aromatic amines is 1. The minimum Gasteiger partial charge on any atom is -0.488 e. The van der Waals surface area contributed by atoms with Gasteiger partial charge in [-0.1, -0.05) is 51.1 Å². The van der Waals surface area contributed by atoms with Crippen LogP contribution in [0.2, 0.25) is 0 Å². The molecule has 1 aromatic carbocycles. The summed E-state index contributed by atoms with van der Waals surface area (Å²) in [5.74, 6) is 1.05. The van der Waals surface area contributed by atoms with E-state index in [1.54, 1.807) is 10.8 Å². The van der Waals surface area contributed by atoms with Gasteiger partial charge in [0.2, 0.25) is 5.43 Å². The van der Waals surface area contributed by atoms with Crippen LogP contribution in [0.25, 0.3) is 20.7 Å². The number of rotatable bonds is 7. The average Bonchev–Trinajstić information content (AvgIpc) is 3.20. The van der Waals surface area contributed by atoms with E-state index < -0.39 is 0 Å². The Morgan fingerprint density at radius 1 is 1.16 bits per heavy atom. The highest BCUT2D eigenvalue weighted by Gasteiger charge is 2.17. The van der Waals surface area contributed by atoms with E-state index in [9.17, 15) is 9.59 Å². The number of H-pyrrole nitrogens is 1. The van der Waals surface area contributed by atoms with Gasteiger partial charge in [0.25, 0.3) is 5.56 Å². The molecule has 0 atom stereocenters. The zero-order chi connectivity index (χ0) is 22.0. The van der Waals surface area contributed by atoms with Crippen molar-refractivity contribution < 1.29 is 4.74 Å². The largest absolute Gasteiger partial charge is 0.488 e. The number of aromatic nitrogens is 3. The predicted octanol–water partition coefficient (Wildman–Crippen LogP) is 4.77. The molecule has 0 fully saturated rings. The maximum Gasteiger partial charge on any atom is 0.262 e. The van der Waals surface area contributed by atoms with Crippen molar-refractivity contribution in [1.82, 2.24) is 14.5 Å². The molecule has 0 saturated heterocycles. The minimum absolute atomic E-state index is 0.0539. The minimum atomic E-state index is -0.197. The van der Waals surface area contributed by atoms with Gasteiger partial charge in [0, 0.05) is 28.8 Å². The number of nitrogens with zero attached hydrogens (tertiary/aromatic N) is 2. The molecule has 0 aliphatic heterocycles. The van der Waals surface area contributed by atoms with E-state index in [0.29, 0.717) is 29.3 Å². The quantitative estimate of drug-likeness (QED) is 0.453. The smallest absolute Gasteiger partial charge is 0.262 e. The fourth-order valence-corrected chi connectivity index (χ4v) is 4.49. The van der Waals surface area contributed by atoms with E-state index in [0.717, 1.165) is 21.7 Å².